The molecule has 0 aromatic heterocycles. The molecule has 68 valence electrons. The molecule has 0 aliphatic carbocycles. The molecule has 3 N–H and O–H groups in total. The van der Waals surface area contributed by atoms with Gasteiger partial charge in [0.05, 0.1) is 7.11 Å². The van der Waals surface area contributed by atoms with E-state index in [-0.39, 0.29) is 5.91 Å². The highest BCUT2D eigenvalue weighted by molar-refractivity contribution is 6.02. The SMILES string of the molecule is COc1ccc2c(c1)NC(=O)C2N. The largest absolute Gasteiger partial charge is 0.497 e. The summed E-state index contributed by atoms with van der Waals surface area (Å²) in [6.45, 7) is 0. The highest BCUT2D eigenvalue weighted by atomic mass is 16.5. The molecule has 4 heteroatoms. The lowest BCUT2D eigenvalue weighted by Crippen LogP contribution is -2.19. The van der Waals surface area contributed by atoms with Gasteiger partial charge in [-0.2, -0.15) is 0 Å². The number of carbonyl (C=O) groups excluding carboxylic acids is 1. The van der Waals surface area contributed by atoms with E-state index < -0.39 is 6.04 Å². The van der Waals surface area contributed by atoms with Crippen LogP contribution in [0.1, 0.15) is 11.6 Å². The van der Waals surface area contributed by atoms with Gasteiger partial charge in [-0.05, 0) is 6.07 Å². The van der Waals surface area contributed by atoms with Gasteiger partial charge in [0.15, 0.2) is 0 Å². The molecule has 1 aromatic rings. The summed E-state index contributed by atoms with van der Waals surface area (Å²) < 4.78 is 5.02. The summed E-state index contributed by atoms with van der Waals surface area (Å²) in [5, 5.41) is 2.68. The van der Waals surface area contributed by atoms with E-state index in [4.69, 9.17) is 10.5 Å². The van der Waals surface area contributed by atoms with E-state index in [2.05, 4.69) is 5.32 Å². The molecule has 1 unspecified atom stereocenters. The molecule has 0 bridgehead atoms. The molecule has 4 nitrogen and oxygen atoms in total. The van der Waals surface area contributed by atoms with Gasteiger partial charge in [-0.3, -0.25) is 4.79 Å². The van der Waals surface area contributed by atoms with E-state index >= 15 is 0 Å². The van der Waals surface area contributed by atoms with Crippen molar-refractivity contribution in [2.24, 2.45) is 5.73 Å². The number of methoxy groups -OCH3 is 1. The van der Waals surface area contributed by atoms with Crippen molar-refractivity contribution in [2.45, 2.75) is 6.04 Å². The summed E-state index contributed by atoms with van der Waals surface area (Å²) in [6, 6.07) is 4.82. The van der Waals surface area contributed by atoms with E-state index in [0.29, 0.717) is 5.75 Å². The first-order valence-electron chi connectivity index (χ1n) is 3.97. The average Bonchev–Trinajstić information content (AvgIpc) is 2.42. The summed E-state index contributed by atoms with van der Waals surface area (Å²) in [4.78, 5) is 11.2. The van der Waals surface area contributed by atoms with Crippen LogP contribution in [0, 0.1) is 0 Å². The Balaban J connectivity index is 2.46. The first-order valence-corrected chi connectivity index (χ1v) is 3.97. The molecule has 1 amide bonds. The molecule has 1 aliphatic rings. The Labute approximate surface area is 75.7 Å². The van der Waals surface area contributed by atoms with E-state index in [1.807, 2.05) is 0 Å². The second-order valence-electron chi connectivity index (χ2n) is 2.92. The molecule has 0 fully saturated rings. The number of benzene rings is 1. The standard InChI is InChI=1S/C9H10N2O2/c1-13-5-2-3-6-7(4-5)11-9(12)8(6)10/h2-4,8H,10H2,1H3,(H,11,12). The Bertz CT molecular complexity index is 363. The lowest BCUT2D eigenvalue weighted by molar-refractivity contribution is -0.116. The maximum atomic E-state index is 11.2. The number of hydrogen-bond donors (Lipinski definition) is 2. The van der Waals surface area contributed by atoms with Crippen molar-refractivity contribution >= 4 is 11.6 Å². The highest BCUT2D eigenvalue weighted by Gasteiger charge is 2.26. The predicted molar refractivity (Wildman–Crippen MR) is 48.6 cm³/mol. The van der Waals surface area contributed by atoms with Crippen molar-refractivity contribution in [3.8, 4) is 5.75 Å². The maximum absolute atomic E-state index is 11.2. The van der Waals surface area contributed by atoms with Crippen molar-refractivity contribution < 1.29 is 9.53 Å². The van der Waals surface area contributed by atoms with Gasteiger partial charge in [-0.15, -0.1) is 0 Å². The Morgan fingerprint density at radius 1 is 1.54 bits per heavy atom. The van der Waals surface area contributed by atoms with Crippen molar-refractivity contribution in [2.75, 3.05) is 12.4 Å². The molecular formula is C9H10N2O2. The number of anilines is 1. The molecule has 0 radical (unpaired) electrons. The molecule has 2 rings (SSSR count). The van der Waals surface area contributed by atoms with Crippen molar-refractivity contribution in [3.63, 3.8) is 0 Å². The zero-order chi connectivity index (χ0) is 9.42. The normalized spacial score (nSPS) is 19.5. The first kappa shape index (κ1) is 8.07. The van der Waals surface area contributed by atoms with E-state index in [1.165, 1.54) is 0 Å². The van der Waals surface area contributed by atoms with Crippen LogP contribution < -0.4 is 15.8 Å². The Kier molecular flexibility index (Phi) is 1.70. The summed E-state index contributed by atoms with van der Waals surface area (Å²) in [5.41, 5.74) is 7.20. The van der Waals surface area contributed by atoms with Crippen LogP contribution in [-0.4, -0.2) is 13.0 Å². The number of amides is 1. The van der Waals surface area contributed by atoms with Crippen LogP contribution in [0.25, 0.3) is 0 Å². The van der Waals surface area contributed by atoms with Crippen molar-refractivity contribution in [1.82, 2.24) is 0 Å². The van der Waals surface area contributed by atoms with Crippen molar-refractivity contribution in [1.29, 1.82) is 0 Å². The molecular weight excluding hydrogens is 168 g/mol. The van der Waals surface area contributed by atoms with Gasteiger partial charge in [0.1, 0.15) is 11.8 Å². The van der Waals surface area contributed by atoms with E-state index in [0.717, 1.165) is 11.3 Å². The second-order valence-corrected chi connectivity index (χ2v) is 2.92. The van der Waals surface area contributed by atoms with Crippen LogP contribution in [0.2, 0.25) is 0 Å². The molecule has 0 spiro atoms. The number of carbonyl (C=O) groups is 1. The highest BCUT2D eigenvalue weighted by Crippen LogP contribution is 2.31. The minimum Gasteiger partial charge on any atom is -0.497 e. The number of ether oxygens (including phenoxy) is 1. The van der Waals surface area contributed by atoms with Gasteiger partial charge in [-0.25, -0.2) is 0 Å². The molecule has 0 saturated heterocycles. The third-order valence-corrected chi connectivity index (χ3v) is 2.14. The number of nitrogens with two attached hydrogens (primary N) is 1. The third-order valence-electron chi connectivity index (χ3n) is 2.14. The number of hydrogen-bond acceptors (Lipinski definition) is 3. The average molecular weight is 178 g/mol. The third kappa shape index (κ3) is 1.15. The van der Waals surface area contributed by atoms with Crippen LogP contribution in [0.3, 0.4) is 0 Å². The molecule has 1 aromatic carbocycles. The summed E-state index contributed by atoms with van der Waals surface area (Å²) in [6.07, 6.45) is 0. The van der Waals surface area contributed by atoms with Crippen molar-refractivity contribution in [3.05, 3.63) is 23.8 Å². The van der Waals surface area contributed by atoms with Gasteiger partial charge in [0, 0.05) is 17.3 Å². The van der Waals surface area contributed by atoms with Crippen LogP contribution >= 0.6 is 0 Å². The van der Waals surface area contributed by atoms with Gasteiger partial charge in [0.25, 0.3) is 0 Å². The zero-order valence-corrected chi connectivity index (χ0v) is 7.20. The predicted octanol–water partition coefficient (Wildman–Crippen LogP) is 0.647. The number of rotatable bonds is 1. The monoisotopic (exact) mass is 178 g/mol. The minimum absolute atomic E-state index is 0.164. The maximum Gasteiger partial charge on any atom is 0.245 e. The van der Waals surface area contributed by atoms with Gasteiger partial charge in [-0.1, -0.05) is 6.07 Å². The smallest absolute Gasteiger partial charge is 0.245 e. The fourth-order valence-electron chi connectivity index (χ4n) is 1.39. The minimum atomic E-state index is -0.541. The first-order chi connectivity index (χ1) is 6.22. The van der Waals surface area contributed by atoms with E-state index in [1.54, 1.807) is 25.3 Å². The fraction of sp³-hybridized carbons (Fsp3) is 0.222. The Morgan fingerprint density at radius 3 is 3.00 bits per heavy atom. The summed E-state index contributed by atoms with van der Waals surface area (Å²) >= 11 is 0. The van der Waals surface area contributed by atoms with Gasteiger partial charge < -0.3 is 15.8 Å². The summed E-state index contributed by atoms with van der Waals surface area (Å²) in [5.74, 6) is 0.552. The Morgan fingerprint density at radius 2 is 2.31 bits per heavy atom. The molecule has 1 heterocycles. The molecule has 1 atom stereocenters. The summed E-state index contributed by atoms with van der Waals surface area (Å²) in [7, 11) is 1.58. The molecule has 0 saturated carbocycles. The van der Waals surface area contributed by atoms with Gasteiger partial charge in [0.2, 0.25) is 5.91 Å². The lowest BCUT2D eigenvalue weighted by Gasteiger charge is -2.03. The molecule has 1 aliphatic heterocycles. The second kappa shape index (κ2) is 2.74. The zero-order valence-electron chi connectivity index (χ0n) is 7.20. The Hall–Kier alpha value is -1.55. The lowest BCUT2D eigenvalue weighted by atomic mass is 10.1. The topological polar surface area (TPSA) is 64.3 Å². The van der Waals surface area contributed by atoms with Gasteiger partial charge >= 0.3 is 0 Å². The fourth-order valence-corrected chi connectivity index (χ4v) is 1.39. The molecule has 13 heavy (non-hydrogen) atoms. The quantitative estimate of drug-likeness (QED) is 0.663. The van der Waals surface area contributed by atoms with Crippen LogP contribution in [0.5, 0.6) is 5.75 Å². The van der Waals surface area contributed by atoms with E-state index in [9.17, 15) is 4.79 Å². The van der Waals surface area contributed by atoms with Crippen LogP contribution in [0.4, 0.5) is 5.69 Å². The number of fused-ring (bicyclic) bond motifs is 1. The number of nitrogens with one attached hydrogen (secondary N) is 1. The van der Waals surface area contributed by atoms with Crippen LogP contribution in [0.15, 0.2) is 18.2 Å². The van der Waals surface area contributed by atoms with Crippen LogP contribution in [-0.2, 0) is 4.79 Å².